The highest BCUT2D eigenvalue weighted by Gasteiger charge is 2.17. The molecular weight excluding hydrogens is 332 g/mol. The number of furan rings is 1. The number of nitrogens with zero attached hydrogens (tertiary/aromatic N) is 3. The van der Waals surface area contributed by atoms with Crippen LogP contribution in [0.5, 0.6) is 0 Å². The van der Waals surface area contributed by atoms with Crippen LogP contribution in [-0.2, 0) is 25.8 Å². The summed E-state index contributed by atoms with van der Waals surface area (Å²) in [6, 6.07) is 3.94. The van der Waals surface area contributed by atoms with E-state index in [-0.39, 0.29) is 0 Å². The Balaban J connectivity index is 1.58. The van der Waals surface area contributed by atoms with Crippen LogP contribution in [0.15, 0.2) is 27.8 Å². The molecule has 0 unspecified atom stereocenters. The highest BCUT2D eigenvalue weighted by molar-refractivity contribution is 7.11. The third-order valence-corrected chi connectivity index (χ3v) is 5.49. The molecule has 0 bridgehead atoms. The van der Waals surface area contributed by atoms with E-state index in [1.807, 2.05) is 23.5 Å². The van der Waals surface area contributed by atoms with E-state index in [4.69, 9.17) is 14.4 Å². The molecule has 0 amide bonds. The van der Waals surface area contributed by atoms with Gasteiger partial charge in [-0.2, -0.15) is 0 Å². The summed E-state index contributed by atoms with van der Waals surface area (Å²) in [6.45, 7) is 4.61. The van der Waals surface area contributed by atoms with Gasteiger partial charge in [-0.1, -0.05) is 6.92 Å². The van der Waals surface area contributed by atoms with Crippen molar-refractivity contribution in [2.45, 2.75) is 52.0 Å². The molecule has 0 aliphatic heterocycles. The predicted molar refractivity (Wildman–Crippen MR) is 103 cm³/mol. The Morgan fingerprint density at radius 3 is 3.04 bits per heavy atom. The van der Waals surface area contributed by atoms with Crippen LogP contribution in [0.1, 0.15) is 47.5 Å². The van der Waals surface area contributed by atoms with Crippen molar-refractivity contribution < 1.29 is 4.42 Å². The zero-order valence-electron chi connectivity index (χ0n) is 15.3. The third kappa shape index (κ3) is 5.08. The number of aliphatic imine (C=N–C) groups is 1. The molecule has 1 aliphatic carbocycles. The summed E-state index contributed by atoms with van der Waals surface area (Å²) in [6.07, 6.45) is 8.56. The summed E-state index contributed by atoms with van der Waals surface area (Å²) in [5.41, 5.74) is 1.33. The fourth-order valence-corrected chi connectivity index (χ4v) is 4.24. The maximum atomic E-state index is 5.40. The van der Waals surface area contributed by atoms with E-state index in [9.17, 15) is 0 Å². The normalized spacial score (nSPS) is 14.4. The van der Waals surface area contributed by atoms with Gasteiger partial charge in [0.25, 0.3) is 0 Å². The van der Waals surface area contributed by atoms with Gasteiger partial charge in [0.15, 0.2) is 5.96 Å². The van der Waals surface area contributed by atoms with Gasteiger partial charge in [0.2, 0.25) is 0 Å². The quantitative estimate of drug-likeness (QED) is 0.605. The van der Waals surface area contributed by atoms with Crippen molar-refractivity contribution in [3.05, 3.63) is 39.7 Å². The van der Waals surface area contributed by atoms with Crippen LogP contribution in [0.2, 0.25) is 0 Å². The molecule has 5 nitrogen and oxygen atoms in total. The van der Waals surface area contributed by atoms with Crippen molar-refractivity contribution in [3.63, 3.8) is 0 Å². The molecule has 0 spiro atoms. The van der Waals surface area contributed by atoms with E-state index >= 15 is 0 Å². The summed E-state index contributed by atoms with van der Waals surface area (Å²) < 4.78 is 5.40. The summed E-state index contributed by atoms with van der Waals surface area (Å²) in [4.78, 5) is 13.2. The molecule has 2 aromatic heterocycles. The van der Waals surface area contributed by atoms with E-state index in [0.29, 0.717) is 0 Å². The van der Waals surface area contributed by atoms with Crippen LogP contribution in [-0.4, -0.2) is 36.0 Å². The lowest BCUT2D eigenvalue weighted by Gasteiger charge is -2.21. The van der Waals surface area contributed by atoms with Crippen molar-refractivity contribution in [2.24, 2.45) is 4.99 Å². The summed E-state index contributed by atoms with van der Waals surface area (Å²) in [7, 11) is 2.09. The van der Waals surface area contributed by atoms with Gasteiger partial charge >= 0.3 is 0 Å². The van der Waals surface area contributed by atoms with Gasteiger partial charge in [-0.25, -0.2) is 4.98 Å². The fourth-order valence-electron chi connectivity index (χ4n) is 3.03. The van der Waals surface area contributed by atoms with Gasteiger partial charge in [0.05, 0.1) is 18.5 Å². The number of thiazole rings is 1. The number of fused-ring (bicyclic) bond motifs is 1. The first-order chi connectivity index (χ1) is 12.3. The molecule has 2 heterocycles. The second-order valence-electron chi connectivity index (χ2n) is 6.50. The molecule has 136 valence electrons. The standard InChI is InChI=1S/C19H28N4OS/c1-3-11-20-19(21-12-10-15-7-6-13-24-15)23(2)14-18-22-16-8-4-5-9-17(16)25-18/h6-7,13H,3-5,8-12,14H2,1-2H3,(H,20,21). The van der Waals surface area contributed by atoms with Gasteiger partial charge in [0.1, 0.15) is 10.8 Å². The van der Waals surface area contributed by atoms with Gasteiger partial charge in [-0.3, -0.25) is 4.99 Å². The Labute approximate surface area is 154 Å². The number of aromatic nitrogens is 1. The molecule has 1 N–H and O–H groups in total. The largest absolute Gasteiger partial charge is 0.469 e. The molecule has 0 saturated heterocycles. The van der Waals surface area contributed by atoms with Gasteiger partial charge < -0.3 is 14.6 Å². The summed E-state index contributed by atoms with van der Waals surface area (Å²) in [5.74, 6) is 1.94. The average Bonchev–Trinajstić information content (AvgIpc) is 3.26. The molecule has 2 aromatic rings. The highest BCUT2D eigenvalue weighted by atomic mass is 32.1. The SMILES string of the molecule is CCCN=C(NCCc1ccco1)N(C)Cc1nc2c(s1)CCCC2. The van der Waals surface area contributed by atoms with Gasteiger partial charge in [-0.05, 0) is 44.2 Å². The molecule has 0 aromatic carbocycles. The van der Waals surface area contributed by atoms with Crippen LogP contribution in [0.25, 0.3) is 0 Å². The fraction of sp³-hybridized carbons (Fsp3) is 0.579. The molecular formula is C19H28N4OS. The van der Waals surface area contributed by atoms with E-state index < -0.39 is 0 Å². The molecule has 0 fully saturated rings. The minimum absolute atomic E-state index is 0.813. The highest BCUT2D eigenvalue weighted by Crippen LogP contribution is 2.27. The second kappa shape index (κ2) is 9.04. The van der Waals surface area contributed by atoms with Crippen molar-refractivity contribution in [1.82, 2.24) is 15.2 Å². The number of aryl methyl sites for hydroxylation is 2. The predicted octanol–water partition coefficient (Wildman–Crippen LogP) is 3.65. The minimum atomic E-state index is 0.813. The third-order valence-electron chi connectivity index (χ3n) is 4.34. The van der Waals surface area contributed by atoms with Crippen LogP contribution < -0.4 is 5.32 Å². The zero-order valence-corrected chi connectivity index (χ0v) is 16.1. The summed E-state index contributed by atoms with van der Waals surface area (Å²) in [5, 5.41) is 4.67. The number of rotatable bonds is 7. The zero-order chi connectivity index (χ0) is 17.5. The van der Waals surface area contributed by atoms with Gasteiger partial charge in [0, 0.05) is 31.4 Å². The first-order valence-electron chi connectivity index (χ1n) is 9.25. The molecule has 1 aliphatic rings. The topological polar surface area (TPSA) is 53.7 Å². The lowest BCUT2D eigenvalue weighted by Crippen LogP contribution is -2.39. The maximum Gasteiger partial charge on any atom is 0.194 e. The molecule has 0 atom stereocenters. The van der Waals surface area contributed by atoms with Gasteiger partial charge in [-0.15, -0.1) is 11.3 Å². The Hall–Kier alpha value is -1.82. The van der Waals surface area contributed by atoms with Crippen LogP contribution in [0, 0.1) is 0 Å². The van der Waals surface area contributed by atoms with E-state index in [1.165, 1.54) is 34.8 Å². The first-order valence-corrected chi connectivity index (χ1v) is 10.1. The van der Waals surface area contributed by atoms with Crippen molar-refractivity contribution in [1.29, 1.82) is 0 Å². The van der Waals surface area contributed by atoms with E-state index in [0.717, 1.165) is 50.6 Å². The van der Waals surface area contributed by atoms with E-state index in [1.54, 1.807) is 6.26 Å². The van der Waals surface area contributed by atoms with Crippen LogP contribution in [0.4, 0.5) is 0 Å². The lowest BCUT2D eigenvalue weighted by atomic mass is 10.0. The van der Waals surface area contributed by atoms with Crippen molar-refractivity contribution in [2.75, 3.05) is 20.1 Å². The van der Waals surface area contributed by atoms with Crippen molar-refractivity contribution in [3.8, 4) is 0 Å². The Bertz CT molecular complexity index is 654. The average molecular weight is 361 g/mol. The molecule has 25 heavy (non-hydrogen) atoms. The Kier molecular flexibility index (Phi) is 6.50. The lowest BCUT2D eigenvalue weighted by molar-refractivity contribution is 0.466. The van der Waals surface area contributed by atoms with Crippen LogP contribution >= 0.6 is 11.3 Å². The smallest absolute Gasteiger partial charge is 0.194 e. The molecule has 0 radical (unpaired) electrons. The second-order valence-corrected chi connectivity index (χ2v) is 7.67. The molecule has 3 rings (SSSR count). The molecule has 0 saturated carbocycles. The first kappa shape index (κ1) is 18.0. The van der Waals surface area contributed by atoms with Crippen molar-refractivity contribution >= 4 is 17.3 Å². The monoisotopic (exact) mass is 360 g/mol. The Morgan fingerprint density at radius 1 is 1.40 bits per heavy atom. The number of hydrogen-bond donors (Lipinski definition) is 1. The summed E-state index contributed by atoms with van der Waals surface area (Å²) >= 11 is 1.88. The minimum Gasteiger partial charge on any atom is -0.469 e. The number of guanidine groups is 1. The number of nitrogens with one attached hydrogen (secondary N) is 1. The molecule has 6 heteroatoms. The Morgan fingerprint density at radius 2 is 2.28 bits per heavy atom. The van der Waals surface area contributed by atoms with E-state index in [2.05, 4.69) is 24.2 Å². The van der Waals surface area contributed by atoms with Crippen LogP contribution in [0.3, 0.4) is 0 Å². The maximum absolute atomic E-state index is 5.40. The number of hydrogen-bond acceptors (Lipinski definition) is 4.